The number of rotatable bonds is 3. The van der Waals surface area contributed by atoms with Gasteiger partial charge in [-0.2, -0.15) is 13.2 Å². The van der Waals surface area contributed by atoms with Gasteiger partial charge in [0.05, 0.1) is 12.7 Å². The summed E-state index contributed by atoms with van der Waals surface area (Å²) in [5.74, 6) is -0.487. The van der Waals surface area contributed by atoms with Crippen molar-refractivity contribution in [3.63, 3.8) is 0 Å². The summed E-state index contributed by atoms with van der Waals surface area (Å²) >= 11 is 0. The molecule has 0 aromatic heterocycles. The maximum atomic E-state index is 12.7. The normalized spacial score (nSPS) is 23.4. The van der Waals surface area contributed by atoms with Crippen LogP contribution in [-0.2, 0) is 21.1 Å². The molecular weight excluding hydrogens is 305 g/mol. The van der Waals surface area contributed by atoms with Gasteiger partial charge >= 0.3 is 12.1 Å². The van der Waals surface area contributed by atoms with E-state index in [0.29, 0.717) is 12.0 Å². The van der Waals surface area contributed by atoms with Crippen LogP contribution in [0.4, 0.5) is 13.2 Å². The fraction of sp³-hybridized carbons (Fsp3) is 0.278. The molecule has 2 aromatic rings. The highest BCUT2D eigenvalue weighted by atomic mass is 19.4. The van der Waals surface area contributed by atoms with E-state index < -0.39 is 23.1 Å². The smallest absolute Gasteiger partial charge is 0.416 e. The van der Waals surface area contributed by atoms with Crippen molar-refractivity contribution in [3.8, 4) is 0 Å². The van der Waals surface area contributed by atoms with E-state index in [1.165, 1.54) is 19.2 Å². The number of carbonyl (C=O) groups is 1. The van der Waals surface area contributed by atoms with E-state index in [1.807, 2.05) is 30.3 Å². The zero-order valence-electron chi connectivity index (χ0n) is 12.4. The predicted octanol–water partition coefficient (Wildman–Crippen LogP) is 4.30. The number of ether oxygens (including phenoxy) is 1. The van der Waals surface area contributed by atoms with Crippen molar-refractivity contribution in [1.29, 1.82) is 0 Å². The molecular formula is C18H15F3O2. The van der Waals surface area contributed by atoms with Gasteiger partial charge in [-0.05, 0) is 29.7 Å². The summed E-state index contributed by atoms with van der Waals surface area (Å²) < 4.78 is 43.0. The number of hydrogen-bond donors (Lipinski definition) is 0. The molecule has 2 nitrogen and oxygen atoms in total. The zero-order valence-corrected chi connectivity index (χ0v) is 12.4. The number of carbonyl (C=O) groups excluding carboxylic acids is 1. The van der Waals surface area contributed by atoms with Crippen LogP contribution in [0.5, 0.6) is 0 Å². The van der Waals surface area contributed by atoms with Crippen molar-refractivity contribution in [1.82, 2.24) is 0 Å². The molecule has 1 aliphatic rings. The van der Waals surface area contributed by atoms with Crippen molar-refractivity contribution in [3.05, 3.63) is 71.3 Å². The van der Waals surface area contributed by atoms with E-state index in [0.717, 1.165) is 17.7 Å². The van der Waals surface area contributed by atoms with E-state index in [1.54, 1.807) is 0 Å². The molecule has 0 N–H and O–H groups in total. The Hall–Kier alpha value is -2.30. The Morgan fingerprint density at radius 2 is 1.70 bits per heavy atom. The van der Waals surface area contributed by atoms with E-state index in [9.17, 15) is 18.0 Å². The Bertz CT molecular complexity index is 707. The first-order valence-corrected chi connectivity index (χ1v) is 7.20. The summed E-state index contributed by atoms with van der Waals surface area (Å²) in [5, 5.41) is 0. The Labute approximate surface area is 131 Å². The van der Waals surface area contributed by atoms with Gasteiger partial charge in [0.2, 0.25) is 0 Å². The molecule has 0 heterocycles. The lowest BCUT2D eigenvalue weighted by Gasteiger charge is -2.17. The number of methoxy groups -OCH3 is 1. The topological polar surface area (TPSA) is 26.3 Å². The Morgan fingerprint density at radius 1 is 1.09 bits per heavy atom. The number of halogens is 3. The molecule has 1 aliphatic carbocycles. The molecule has 1 saturated carbocycles. The molecule has 0 saturated heterocycles. The van der Waals surface area contributed by atoms with Crippen LogP contribution in [-0.4, -0.2) is 13.1 Å². The molecule has 0 radical (unpaired) electrons. The molecule has 0 bridgehead atoms. The Morgan fingerprint density at radius 3 is 2.22 bits per heavy atom. The minimum atomic E-state index is -4.39. The average molecular weight is 320 g/mol. The summed E-state index contributed by atoms with van der Waals surface area (Å²) in [6, 6.07) is 14.2. The van der Waals surface area contributed by atoms with Gasteiger partial charge < -0.3 is 4.74 Å². The SMILES string of the molecule is COC(=O)[C@@]1(c2ccc(C(F)(F)F)cc2)C[C@@H]1c1ccccc1. The number of esters is 1. The van der Waals surface area contributed by atoms with Crippen LogP contribution in [0.1, 0.15) is 29.0 Å². The van der Waals surface area contributed by atoms with E-state index in [2.05, 4.69) is 0 Å². The monoisotopic (exact) mass is 320 g/mol. The van der Waals surface area contributed by atoms with Crippen molar-refractivity contribution in [2.45, 2.75) is 23.9 Å². The molecule has 5 heteroatoms. The second kappa shape index (κ2) is 5.41. The fourth-order valence-electron chi connectivity index (χ4n) is 3.15. The van der Waals surface area contributed by atoms with Crippen LogP contribution in [0.25, 0.3) is 0 Å². The quantitative estimate of drug-likeness (QED) is 0.788. The van der Waals surface area contributed by atoms with Gasteiger partial charge in [-0.3, -0.25) is 4.79 Å². The van der Waals surface area contributed by atoms with Crippen molar-refractivity contribution >= 4 is 5.97 Å². The summed E-state index contributed by atoms with van der Waals surface area (Å²) in [7, 11) is 1.30. The van der Waals surface area contributed by atoms with Gasteiger partial charge in [0.25, 0.3) is 0 Å². The zero-order chi connectivity index (χ0) is 16.7. The highest BCUT2D eigenvalue weighted by Gasteiger charge is 2.62. The minimum Gasteiger partial charge on any atom is -0.468 e. The van der Waals surface area contributed by atoms with Crippen LogP contribution >= 0.6 is 0 Å². The first-order valence-electron chi connectivity index (χ1n) is 7.20. The van der Waals surface area contributed by atoms with Crippen LogP contribution in [0, 0.1) is 0 Å². The summed E-state index contributed by atoms with van der Waals surface area (Å²) in [4.78, 5) is 12.3. The molecule has 0 amide bonds. The molecule has 0 spiro atoms. The van der Waals surface area contributed by atoms with Gasteiger partial charge in [0.15, 0.2) is 0 Å². The van der Waals surface area contributed by atoms with E-state index in [-0.39, 0.29) is 5.92 Å². The third-order valence-corrected chi connectivity index (χ3v) is 4.44. The standard InChI is InChI=1S/C18H15F3O2/c1-23-16(22)17(11-15(17)12-5-3-2-4-6-12)13-7-9-14(10-8-13)18(19,20)21/h2-10,15H,11H2,1H3/t15-,17-/m1/s1. The second-order valence-electron chi connectivity index (χ2n) is 5.71. The highest BCUT2D eigenvalue weighted by Crippen LogP contribution is 2.61. The molecule has 2 aromatic carbocycles. The van der Waals surface area contributed by atoms with E-state index >= 15 is 0 Å². The van der Waals surface area contributed by atoms with Crippen LogP contribution in [0.3, 0.4) is 0 Å². The maximum absolute atomic E-state index is 12.7. The minimum absolute atomic E-state index is 0.0760. The van der Waals surface area contributed by atoms with Crippen molar-refractivity contribution in [2.75, 3.05) is 7.11 Å². The Balaban J connectivity index is 1.98. The fourth-order valence-corrected chi connectivity index (χ4v) is 3.15. The Kier molecular flexibility index (Phi) is 3.66. The molecule has 3 rings (SSSR count). The third-order valence-electron chi connectivity index (χ3n) is 4.44. The first kappa shape index (κ1) is 15.6. The molecule has 2 atom stereocenters. The number of hydrogen-bond acceptors (Lipinski definition) is 2. The first-order chi connectivity index (χ1) is 10.9. The van der Waals surface area contributed by atoms with Gasteiger partial charge in [-0.1, -0.05) is 42.5 Å². The number of alkyl halides is 3. The molecule has 0 aliphatic heterocycles. The lowest BCUT2D eigenvalue weighted by molar-refractivity contribution is -0.143. The van der Waals surface area contributed by atoms with Crippen LogP contribution in [0.15, 0.2) is 54.6 Å². The highest BCUT2D eigenvalue weighted by molar-refractivity contribution is 5.89. The summed E-state index contributed by atoms with van der Waals surface area (Å²) in [6.45, 7) is 0. The van der Waals surface area contributed by atoms with Gasteiger partial charge in [0, 0.05) is 5.92 Å². The van der Waals surface area contributed by atoms with E-state index in [4.69, 9.17) is 4.74 Å². The lowest BCUT2D eigenvalue weighted by Crippen LogP contribution is -2.24. The summed E-state index contributed by atoms with van der Waals surface area (Å²) in [5.41, 5.74) is -0.0672. The molecule has 0 unspecified atom stereocenters. The molecule has 1 fully saturated rings. The van der Waals surface area contributed by atoms with Crippen molar-refractivity contribution in [2.24, 2.45) is 0 Å². The largest absolute Gasteiger partial charge is 0.468 e. The molecule has 23 heavy (non-hydrogen) atoms. The predicted molar refractivity (Wildman–Crippen MR) is 78.9 cm³/mol. The van der Waals surface area contributed by atoms with Crippen LogP contribution < -0.4 is 0 Å². The maximum Gasteiger partial charge on any atom is 0.416 e. The van der Waals surface area contributed by atoms with Gasteiger partial charge in [-0.25, -0.2) is 0 Å². The van der Waals surface area contributed by atoms with Crippen LogP contribution in [0.2, 0.25) is 0 Å². The van der Waals surface area contributed by atoms with Gasteiger partial charge in [-0.15, -0.1) is 0 Å². The second-order valence-corrected chi connectivity index (χ2v) is 5.71. The summed E-state index contributed by atoms with van der Waals surface area (Å²) in [6.07, 6.45) is -3.85. The van der Waals surface area contributed by atoms with Crippen molar-refractivity contribution < 1.29 is 22.7 Å². The average Bonchev–Trinajstić information content (AvgIpc) is 3.31. The number of benzene rings is 2. The lowest BCUT2D eigenvalue weighted by atomic mass is 9.90. The molecule has 120 valence electrons. The third kappa shape index (κ3) is 2.60. The van der Waals surface area contributed by atoms with Gasteiger partial charge in [0.1, 0.15) is 5.41 Å².